The number of fused-ring (bicyclic) bond motifs is 1. The van der Waals surface area contributed by atoms with Gasteiger partial charge in [-0.05, 0) is 31.2 Å². The number of rotatable bonds is 3. The van der Waals surface area contributed by atoms with Crippen molar-refractivity contribution < 1.29 is 22.0 Å². The van der Waals surface area contributed by atoms with Crippen molar-refractivity contribution >= 4 is 26.8 Å². The Hall–Kier alpha value is -2.78. The third kappa shape index (κ3) is 3.30. The van der Waals surface area contributed by atoms with E-state index in [2.05, 4.69) is 4.98 Å². The van der Waals surface area contributed by atoms with Gasteiger partial charge in [-0.2, -0.15) is 4.31 Å². The van der Waals surface area contributed by atoms with Gasteiger partial charge in [0.2, 0.25) is 10.0 Å². The van der Waals surface area contributed by atoms with Crippen molar-refractivity contribution in [1.29, 1.82) is 0 Å². The van der Waals surface area contributed by atoms with E-state index in [0.717, 1.165) is 18.3 Å². The van der Waals surface area contributed by atoms with Crippen molar-refractivity contribution in [3.05, 3.63) is 65.9 Å². The number of hydrogen-bond donors (Lipinski definition) is 1. The zero-order valence-corrected chi connectivity index (χ0v) is 16.4. The number of amides is 1. The third-order valence-electron chi connectivity index (χ3n) is 5.16. The van der Waals surface area contributed by atoms with Gasteiger partial charge in [0.25, 0.3) is 5.91 Å². The standard InChI is InChI=1S/C20H19F2N3O3S/c1-13-12-24(20(26)14-5-3-2-4-6-14)9-10-25(13)29(27,28)17-11-23-19-16(22)8-7-15(21)18(17)19/h2-8,11,13,23H,9-10,12H2,1H3/t13-/m1/s1. The summed E-state index contributed by atoms with van der Waals surface area (Å²) in [6, 6.07) is 10.1. The highest BCUT2D eigenvalue weighted by Crippen LogP contribution is 2.31. The van der Waals surface area contributed by atoms with Crippen LogP contribution < -0.4 is 0 Å². The lowest BCUT2D eigenvalue weighted by Crippen LogP contribution is -2.55. The molecule has 1 amide bonds. The molecule has 1 aromatic heterocycles. The quantitative estimate of drug-likeness (QED) is 0.709. The van der Waals surface area contributed by atoms with Crippen LogP contribution in [0.15, 0.2) is 53.6 Å². The van der Waals surface area contributed by atoms with Crippen LogP contribution in [0.1, 0.15) is 17.3 Å². The zero-order chi connectivity index (χ0) is 20.8. The Balaban J connectivity index is 1.62. The molecule has 1 saturated heterocycles. The highest BCUT2D eigenvalue weighted by Gasteiger charge is 2.37. The fourth-order valence-electron chi connectivity index (χ4n) is 3.72. The summed E-state index contributed by atoms with van der Waals surface area (Å²) in [6.45, 7) is 2.15. The minimum atomic E-state index is -4.09. The Kier molecular flexibility index (Phi) is 4.87. The lowest BCUT2D eigenvalue weighted by atomic mass is 10.1. The molecule has 1 aliphatic rings. The first-order chi connectivity index (χ1) is 13.8. The van der Waals surface area contributed by atoms with Gasteiger partial charge in [0.1, 0.15) is 16.5 Å². The fraction of sp³-hybridized carbons (Fsp3) is 0.250. The van der Waals surface area contributed by atoms with Crippen molar-refractivity contribution in [3.63, 3.8) is 0 Å². The molecule has 0 spiro atoms. The van der Waals surface area contributed by atoms with Crippen LogP contribution in [-0.2, 0) is 10.0 Å². The van der Waals surface area contributed by atoms with E-state index in [1.54, 1.807) is 36.1 Å². The second-order valence-corrected chi connectivity index (χ2v) is 8.87. The second-order valence-electron chi connectivity index (χ2n) is 7.01. The van der Waals surface area contributed by atoms with Crippen LogP contribution in [-0.4, -0.2) is 54.2 Å². The number of aromatic amines is 1. The molecule has 2 heterocycles. The Labute approximate surface area is 166 Å². The van der Waals surface area contributed by atoms with Gasteiger partial charge in [-0.1, -0.05) is 18.2 Å². The predicted octanol–water partition coefficient (Wildman–Crippen LogP) is 2.98. The average molecular weight is 419 g/mol. The molecule has 6 nitrogen and oxygen atoms in total. The summed E-state index contributed by atoms with van der Waals surface area (Å²) < 4.78 is 55.8. The largest absolute Gasteiger partial charge is 0.357 e. The Morgan fingerprint density at radius 3 is 2.45 bits per heavy atom. The monoisotopic (exact) mass is 419 g/mol. The van der Waals surface area contributed by atoms with Crippen molar-refractivity contribution in [2.45, 2.75) is 17.9 Å². The zero-order valence-electron chi connectivity index (χ0n) is 15.6. The molecular formula is C20H19F2N3O3S. The summed E-state index contributed by atoms with van der Waals surface area (Å²) in [4.78, 5) is 16.5. The molecule has 2 aromatic carbocycles. The normalized spacial score (nSPS) is 18.3. The van der Waals surface area contributed by atoms with Crippen LogP contribution in [0.4, 0.5) is 8.78 Å². The summed E-state index contributed by atoms with van der Waals surface area (Å²) in [5.74, 6) is -1.71. The lowest BCUT2D eigenvalue weighted by molar-refractivity contribution is 0.0642. The van der Waals surface area contributed by atoms with E-state index in [9.17, 15) is 22.0 Å². The van der Waals surface area contributed by atoms with Crippen molar-refractivity contribution in [2.24, 2.45) is 0 Å². The maximum Gasteiger partial charge on any atom is 0.253 e. The molecule has 1 atom stereocenters. The molecule has 0 radical (unpaired) electrons. The van der Waals surface area contributed by atoms with Crippen molar-refractivity contribution in [3.8, 4) is 0 Å². The van der Waals surface area contributed by atoms with Crippen molar-refractivity contribution in [2.75, 3.05) is 19.6 Å². The van der Waals surface area contributed by atoms with E-state index in [0.29, 0.717) is 5.56 Å². The van der Waals surface area contributed by atoms with E-state index in [4.69, 9.17) is 0 Å². The molecule has 29 heavy (non-hydrogen) atoms. The number of hydrogen-bond acceptors (Lipinski definition) is 3. The number of halogens is 2. The van der Waals surface area contributed by atoms with Crippen LogP contribution in [0, 0.1) is 11.6 Å². The molecular weight excluding hydrogens is 400 g/mol. The number of piperazine rings is 1. The Morgan fingerprint density at radius 2 is 1.76 bits per heavy atom. The summed E-state index contributed by atoms with van der Waals surface area (Å²) in [5, 5.41) is -0.292. The molecule has 152 valence electrons. The number of sulfonamides is 1. The highest BCUT2D eigenvalue weighted by molar-refractivity contribution is 7.89. The predicted molar refractivity (Wildman–Crippen MR) is 104 cm³/mol. The van der Waals surface area contributed by atoms with Gasteiger partial charge in [-0.15, -0.1) is 0 Å². The molecule has 1 aliphatic heterocycles. The first-order valence-corrected chi connectivity index (χ1v) is 10.6. The summed E-state index contributed by atoms with van der Waals surface area (Å²) in [7, 11) is -4.09. The van der Waals surface area contributed by atoms with E-state index >= 15 is 0 Å². The Morgan fingerprint density at radius 1 is 1.07 bits per heavy atom. The van der Waals surface area contributed by atoms with Crippen LogP contribution in [0.25, 0.3) is 10.9 Å². The van der Waals surface area contributed by atoms with Gasteiger partial charge in [0.05, 0.1) is 10.9 Å². The van der Waals surface area contributed by atoms with Gasteiger partial charge in [-0.3, -0.25) is 4.79 Å². The van der Waals surface area contributed by atoms with E-state index < -0.39 is 27.7 Å². The van der Waals surface area contributed by atoms with Gasteiger partial charge in [-0.25, -0.2) is 17.2 Å². The van der Waals surface area contributed by atoms with Crippen LogP contribution in [0.3, 0.4) is 0 Å². The number of benzene rings is 2. The minimum Gasteiger partial charge on any atom is -0.357 e. The number of carbonyl (C=O) groups is 1. The molecule has 0 aliphatic carbocycles. The van der Waals surface area contributed by atoms with Gasteiger partial charge in [0, 0.05) is 37.4 Å². The molecule has 4 rings (SSSR count). The first-order valence-electron chi connectivity index (χ1n) is 9.12. The topological polar surface area (TPSA) is 73.5 Å². The van der Waals surface area contributed by atoms with Crippen LogP contribution >= 0.6 is 0 Å². The number of H-pyrrole nitrogens is 1. The first kappa shape index (κ1) is 19.5. The SMILES string of the molecule is C[C@@H]1CN(C(=O)c2ccccc2)CCN1S(=O)(=O)c1c[nH]c2c(F)ccc(F)c12. The number of nitrogens with zero attached hydrogens (tertiary/aromatic N) is 2. The number of aromatic nitrogens is 1. The average Bonchev–Trinajstić information content (AvgIpc) is 3.18. The van der Waals surface area contributed by atoms with Crippen LogP contribution in [0.2, 0.25) is 0 Å². The maximum atomic E-state index is 14.3. The van der Waals surface area contributed by atoms with E-state index in [1.807, 2.05) is 6.07 Å². The smallest absolute Gasteiger partial charge is 0.253 e. The van der Waals surface area contributed by atoms with E-state index in [1.165, 1.54) is 4.31 Å². The summed E-state index contributed by atoms with van der Waals surface area (Å²) in [5.41, 5.74) is 0.347. The number of carbonyl (C=O) groups excluding carboxylic acids is 1. The fourth-order valence-corrected chi connectivity index (χ4v) is 5.50. The van der Waals surface area contributed by atoms with Gasteiger partial charge in [0.15, 0.2) is 0 Å². The Bertz CT molecular complexity index is 1180. The molecule has 0 saturated carbocycles. The second kappa shape index (κ2) is 7.23. The molecule has 3 aromatic rings. The molecule has 9 heteroatoms. The summed E-state index contributed by atoms with van der Waals surface area (Å²) >= 11 is 0. The van der Waals surface area contributed by atoms with Gasteiger partial charge >= 0.3 is 0 Å². The molecule has 1 N–H and O–H groups in total. The lowest BCUT2D eigenvalue weighted by Gasteiger charge is -2.38. The van der Waals surface area contributed by atoms with Gasteiger partial charge < -0.3 is 9.88 Å². The highest BCUT2D eigenvalue weighted by atomic mass is 32.2. The molecule has 0 unspecified atom stereocenters. The van der Waals surface area contributed by atoms with E-state index in [-0.39, 0.29) is 41.3 Å². The van der Waals surface area contributed by atoms with Crippen molar-refractivity contribution in [1.82, 2.24) is 14.2 Å². The molecule has 0 bridgehead atoms. The number of nitrogens with one attached hydrogen (secondary N) is 1. The summed E-state index contributed by atoms with van der Waals surface area (Å²) in [6.07, 6.45) is 1.11. The third-order valence-corrected chi connectivity index (χ3v) is 7.20. The minimum absolute atomic E-state index is 0.0612. The maximum absolute atomic E-state index is 14.3. The van der Waals surface area contributed by atoms with Crippen LogP contribution in [0.5, 0.6) is 0 Å². The molecule has 1 fully saturated rings.